The summed E-state index contributed by atoms with van der Waals surface area (Å²) in [5, 5.41) is 18.2. The van der Waals surface area contributed by atoms with Crippen LogP contribution < -0.4 is 10.1 Å². The highest BCUT2D eigenvalue weighted by atomic mass is 16.5. The molecule has 8 nitrogen and oxygen atoms in total. The highest BCUT2D eigenvalue weighted by molar-refractivity contribution is 5.81. The van der Waals surface area contributed by atoms with Crippen LogP contribution in [0.5, 0.6) is 5.88 Å². The van der Waals surface area contributed by atoms with Gasteiger partial charge in [-0.15, -0.1) is 5.10 Å². The number of fused-ring (bicyclic) bond motifs is 1. The molecule has 5 rings (SSSR count). The Morgan fingerprint density at radius 1 is 1.12 bits per heavy atom. The number of anilines is 1. The molecule has 3 heterocycles. The molecule has 0 aliphatic heterocycles. The number of methoxy groups -OCH3 is 1. The van der Waals surface area contributed by atoms with Gasteiger partial charge >= 0.3 is 0 Å². The third-order valence-electron chi connectivity index (χ3n) is 7.09. The molecular weight excluding hydrogens is 430 g/mol. The van der Waals surface area contributed by atoms with Crippen molar-refractivity contribution >= 4 is 11.5 Å². The number of aliphatic hydroxyl groups is 1. The van der Waals surface area contributed by atoms with Crippen molar-refractivity contribution in [1.29, 1.82) is 0 Å². The van der Waals surface area contributed by atoms with Gasteiger partial charge < -0.3 is 19.9 Å². The van der Waals surface area contributed by atoms with Crippen molar-refractivity contribution in [2.75, 3.05) is 19.0 Å². The summed E-state index contributed by atoms with van der Waals surface area (Å²) in [7, 11) is 1.69. The molecule has 0 radical (unpaired) electrons. The first kappa shape index (κ1) is 23.1. The van der Waals surface area contributed by atoms with E-state index < -0.39 is 0 Å². The van der Waals surface area contributed by atoms with Gasteiger partial charge in [0.15, 0.2) is 0 Å². The lowest BCUT2D eigenvalue weighted by molar-refractivity contribution is 0.121. The summed E-state index contributed by atoms with van der Waals surface area (Å²) in [5.41, 5.74) is 4.26. The van der Waals surface area contributed by atoms with Gasteiger partial charge in [-0.1, -0.05) is 0 Å². The molecule has 3 aromatic heterocycles. The third-order valence-corrected chi connectivity index (χ3v) is 7.09. The summed E-state index contributed by atoms with van der Waals surface area (Å²) in [6.45, 7) is 2.62. The number of hydrogen-bond acceptors (Lipinski definition) is 7. The number of nitrogens with one attached hydrogen (secondary N) is 1. The van der Waals surface area contributed by atoms with Crippen molar-refractivity contribution < 1.29 is 14.6 Å². The second-order valence-corrected chi connectivity index (χ2v) is 9.77. The van der Waals surface area contributed by atoms with Gasteiger partial charge in [0.2, 0.25) is 11.8 Å². The monoisotopic (exact) mass is 465 g/mol. The van der Waals surface area contributed by atoms with Crippen LogP contribution >= 0.6 is 0 Å². The lowest BCUT2D eigenvalue weighted by Gasteiger charge is -2.25. The van der Waals surface area contributed by atoms with Crippen LogP contribution in [0.4, 0.5) is 5.95 Å². The van der Waals surface area contributed by atoms with E-state index in [4.69, 9.17) is 14.6 Å². The molecule has 2 aliphatic rings. The minimum Gasteiger partial charge on any atom is -0.474 e. The van der Waals surface area contributed by atoms with Gasteiger partial charge in [-0.25, -0.2) is 14.5 Å². The zero-order valence-electron chi connectivity index (χ0n) is 20.1. The number of ether oxygens (including phenoxy) is 2. The van der Waals surface area contributed by atoms with Crippen molar-refractivity contribution in [1.82, 2.24) is 19.6 Å². The SMILES string of the molecule is COC[C@H](C)Nc1ncc2c(-c3ccnc(OC4CCCC4)c3)cc(C3CCC(O)CC3)n2n1. The third kappa shape index (κ3) is 5.03. The molecule has 2 saturated carbocycles. The fraction of sp³-hybridized carbons (Fsp3) is 0.577. The fourth-order valence-electron chi connectivity index (χ4n) is 5.30. The Morgan fingerprint density at radius 2 is 1.91 bits per heavy atom. The molecule has 0 saturated heterocycles. The Bertz CT molecular complexity index is 1100. The van der Waals surface area contributed by atoms with E-state index in [0.717, 1.165) is 60.9 Å². The maximum Gasteiger partial charge on any atom is 0.241 e. The molecule has 0 spiro atoms. The molecule has 2 fully saturated rings. The van der Waals surface area contributed by atoms with Crippen molar-refractivity contribution in [2.24, 2.45) is 0 Å². The molecule has 0 amide bonds. The smallest absolute Gasteiger partial charge is 0.241 e. The number of nitrogens with zero attached hydrogens (tertiary/aromatic N) is 4. The zero-order chi connectivity index (χ0) is 23.5. The van der Waals surface area contributed by atoms with Crippen LogP contribution in [0.15, 0.2) is 30.6 Å². The van der Waals surface area contributed by atoms with Crippen LogP contribution in [0.2, 0.25) is 0 Å². The van der Waals surface area contributed by atoms with Gasteiger partial charge in [0.05, 0.1) is 24.4 Å². The van der Waals surface area contributed by atoms with Crippen molar-refractivity contribution in [3.63, 3.8) is 0 Å². The number of rotatable bonds is 8. The molecule has 1 atom stereocenters. The quantitative estimate of drug-likeness (QED) is 0.503. The standard InChI is InChI=1S/C26H35N5O3/c1-17(16-33-2)29-26-28-15-24-22(14-23(31(24)30-26)18-7-9-20(32)10-8-18)19-11-12-27-25(13-19)34-21-5-3-4-6-21/h11-15,17-18,20-21,32H,3-10,16H2,1-2H3,(H,29,30)/t17-,18?,20?/m0/s1. The first-order chi connectivity index (χ1) is 16.6. The zero-order valence-corrected chi connectivity index (χ0v) is 20.1. The van der Waals surface area contributed by atoms with Crippen LogP contribution in [-0.2, 0) is 4.74 Å². The Kier molecular flexibility index (Phi) is 6.97. The summed E-state index contributed by atoms with van der Waals surface area (Å²) in [4.78, 5) is 9.07. The largest absolute Gasteiger partial charge is 0.474 e. The van der Waals surface area contributed by atoms with E-state index >= 15 is 0 Å². The Labute approximate surface area is 200 Å². The van der Waals surface area contributed by atoms with Crippen molar-refractivity contribution in [2.45, 2.75) is 82.5 Å². The van der Waals surface area contributed by atoms with Gasteiger partial charge in [0, 0.05) is 42.6 Å². The summed E-state index contributed by atoms with van der Waals surface area (Å²) < 4.78 is 13.5. The summed E-state index contributed by atoms with van der Waals surface area (Å²) >= 11 is 0. The minimum absolute atomic E-state index is 0.0984. The molecule has 3 aromatic rings. The molecule has 2 aliphatic carbocycles. The van der Waals surface area contributed by atoms with E-state index in [-0.39, 0.29) is 18.2 Å². The number of aliphatic hydroxyl groups excluding tert-OH is 1. The van der Waals surface area contributed by atoms with E-state index in [1.54, 1.807) is 7.11 Å². The van der Waals surface area contributed by atoms with E-state index in [1.165, 1.54) is 12.8 Å². The van der Waals surface area contributed by atoms with Crippen LogP contribution in [0.3, 0.4) is 0 Å². The van der Waals surface area contributed by atoms with E-state index in [2.05, 4.69) is 21.4 Å². The van der Waals surface area contributed by atoms with Crippen molar-refractivity contribution in [3.05, 3.63) is 36.3 Å². The Morgan fingerprint density at radius 3 is 2.68 bits per heavy atom. The lowest BCUT2D eigenvalue weighted by Crippen LogP contribution is -2.23. The van der Waals surface area contributed by atoms with Crippen LogP contribution in [0.25, 0.3) is 16.6 Å². The van der Waals surface area contributed by atoms with Gasteiger partial charge in [0.25, 0.3) is 0 Å². The Hall–Kier alpha value is -2.71. The second kappa shape index (κ2) is 10.3. The molecule has 182 valence electrons. The van der Waals surface area contributed by atoms with Gasteiger partial charge in [-0.3, -0.25) is 0 Å². The Balaban J connectivity index is 1.51. The van der Waals surface area contributed by atoms with Crippen molar-refractivity contribution in [3.8, 4) is 17.0 Å². The predicted molar refractivity (Wildman–Crippen MR) is 131 cm³/mol. The summed E-state index contributed by atoms with van der Waals surface area (Å²) in [6, 6.07) is 6.40. The average Bonchev–Trinajstić information content (AvgIpc) is 3.48. The van der Waals surface area contributed by atoms with Crippen LogP contribution in [0, 0.1) is 0 Å². The number of hydrogen-bond donors (Lipinski definition) is 2. The molecule has 0 aromatic carbocycles. The van der Waals surface area contributed by atoms with Crippen LogP contribution in [-0.4, -0.2) is 56.7 Å². The predicted octanol–water partition coefficient (Wildman–Crippen LogP) is 4.58. The van der Waals surface area contributed by atoms with E-state index in [0.29, 0.717) is 24.4 Å². The summed E-state index contributed by atoms with van der Waals surface area (Å²) in [5.74, 6) is 1.61. The molecule has 0 unspecified atom stereocenters. The van der Waals surface area contributed by atoms with Gasteiger partial charge in [-0.2, -0.15) is 0 Å². The molecule has 0 bridgehead atoms. The fourth-order valence-corrected chi connectivity index (χ4v) is 5.30. The average molecular weight is 466 g/mol. The number of aromatic nitrogens is 4. The van der Waals surface area contributed by atoms with Gasteiger partial charge in [-0.05, 0) is 76.0 Å². The molecule has 2 N–H and O–H groups in total. The highest BCUT2D eigenvalue weighted by Crippen LogP contribution is 2.38. The maximum absolute atomic E-state index is 10.0. The highest BCUT2D eigenvalue weighted by Gasteiger charge is 2.26. The number of pyridine rings is 1. The first-order valence-corrected chi connectivity index (χ1v) is 12.6. The molecule has 34 heavy (non-hydrogen) atoms. The first-order valence-electron chi connectivity index (χ1n) is 12.6. The van der Waals surface area contributed by atoms with Gasteiger partial charge in [0.1, 0.15) is 6.10 Å². The van der Waals surface area contributed by atoms with E-state index in [1.807, 2.05) is 36.0 Å². The lowest BCUT2D eigenvalue weighted by atomic mass is 9.85. The molecule has 8 heteroatoms. The second-order valence-electron chi connectivity index (χ2n) is 9.77. The molecular formula is C26H35N5O3. The van der Waals surface area contributed by atoms with E-state index in [9.17, 15) is 5.11 Å². The minimum atomic E-state index is -0.195. The maximum atomic E-state index is 10.0. The van der Waals surface area contributed by atoms with Crippen LogP contribution in [0.1, 0.15) is 69.9 Å². The topological polar surface area (TPSA) is 93.8 Å². The summed E-state index contributed by atoms with van der Waals surface area (Å²) in [6.07, 6.45) is 12.0. The normalized spacial score (nSPS) is 22.2.